The lowest BCUT2D eigenvalue weighted by Gasteiger charge is -2.12. The molecule has 0 unspecified atom stereocenters. The molecular weight excluding hydrogens is 187 g/mol. The first-order valence-electron chi connectivity index (χ1n) is 4.04. The SMILES string of the molecule is COCCC[NH2+]C[C@H](O)C(F)(F)F. The monoisotopic (exact) mass is 202 g/mol. The molecule has 0 radical (unpaired) electrons. The van der Waals surface area contributed by atoms with Crippen LogP contribution in [0.25, 0.3) is 0 Å². The minimum atomic E-state index is -4.50. The smallest absolute Gasteiger partial charge is 0.384 e. The van der Waals surface area contributed by atoms with Crippen LogP contribution < -0.4 is 5.32 Å². The Hall–Kier alpha value is -0.330. The summed E-state index contributed by atoms with van der Waals surface area (Å²) in [6.07, 6.45) is -6.05. The largest absolute Gasteiger partial charge is 0.419 e. The molecule has 0 saturated heterocycles. The topological polar surface area (TPSA) is 46.1 Å². The van der Waals surface area contributed by atoms with Crippen LogP contribution in [-0.2, 0) is 4.74 Å². The molecule has 3 nitrogen and oxygen atoms in total. The van der Waals surface area contributed by atoms with Gasteiger partial charge < -0.3 is 15.2 Å². The molecule has 0 amide bonds. The number of hydrogen-bond acceptors (Lipinski definition) is 2. The number of nitrogens with two attached hydrogens (primary N) is 1. The number of aliphatic hydroxyl groups is 1. The van der Waals surface area contributed by atoms with E-state index in [-0.39, 0.29) is 6.54 Å². The molecule has 6 heteroatoms. The second-order valence-corrected chi connectivity index (χ2v) is 2.72. The molecule has 1 atom stereocenters. The van der Waals surface area contributed by atoms with Gasteiger partial charge in [0.25, 0.3) is 0 Å². The Morgan fingerprint density at radius 1 is 1.46 bits per heavy atom. The first kappa shape index (κ1) is 12.7. The molecule has 0 bridgehead atoms. The van der Waals surface area contributed by atoms with Crippen molar-refractivity contribution in [2.24, 2.45) is 0 Å². The summed E-state index contributed by atoms with van der Waals surface area (Å²) in [5, 5.41) is 9.98. The average Bonchev–Trinajstić information content (AvgIpc) is 2.02. The van der Waals surface area contributed by atoms with Crippen LogP contribution in [0.4, 0.5) is 13.2 Å². The van der Waals surface area contributed by atoms with Crippen LogP contribution in [0.1, 0.15) is 6.42 Å². The minimum Gasteiger partial charge on any atom is -0.384 e. The maximum absolute atomic E-state index is 11.7. The van der Waals surface area contributed by atoms with Gasteiger partial charge in [0, 0.05) is 13.5 Å². The summed E-state index contributed by atoms with van der Waals surface area (Å²) < 4.78 is 39.9. The van der Waals surface area contributed by atoms with Crippen molar-refractivity contribution in [2.75, 3.05) is 26.8 Å². The van der Waals surface area contributed by atoms with Gasteiger partial charge in [-0.2, -0.15) is 13.2 Å². The van der Waals surface area contributed by atoms with Crippen LogP contribution >= 0.6 is 0 Å². The summed E-state index contributed by atoms with van der Waals surface area (Å²) in [5.41, 5.74) is 0. The van der Waals surface area contributed by atoms with Crippen molar-refractivity contribution in [3.8, 4) is 0 Å². The second kappa shape index (κ2) is 6.17. The zero-order valence-corrected chi connectivity index (χ0v) is 7.47. The van der Waals surface area contributed by atoms with Crippen molar-refractivity contribution < 1.29 is 28.3 Å². The summed E-state index contributed by atoms with van der Waals surface area (Å²) >= 11 is 0. The van der Waals surface area contributed by atoms with Crippen LogP contribution in [0.3, 0.4) is 0 Å². The molecule has 0 aliphatic heterocycles. The molecular formula is C7H15F3NO2+. The molecule has 0 aromatic rings. The van der Waals surface area contributed by atoms with Crippen LogP contribution in [0.2, 0.25) is 0 Å². The third kappa shape index (κ3) is 6.80. The lowest BCUT2D eigenvalue weighted by molar-refractivity contribution is -0.665. The average molecular weight is 202 g/mol. The predicted octanol–water partition coefficient (Wildman–Crippen LogP) is -0.491. The van der Waals surface area contributed by atoms with E-state index in [9.17, 15) is 13.2 Å². The summed E-state index contributed by atoms with van der Waals surface area (Å²) in [7, 11) is 1.53. The van der Waals surface area contributed by atoms with E-state index in [1.807, 2.05) is 0 Å². The van der Waals surface area contributed by atoms with Crippen LogP contribution in [0, 0.1) is 0 Å². The molecule has 3 N–H and O–H groups in total. The van der Waals surface area contributed by atoms with E-state index < -0.39 is 12.3 Å². The van der Waals surface area contributed by atoms with Crippen molar-refractivity contribution in [3.63, 3.8) is 0 Å². The molecule has 0 heterocycles. The molecule has 80 valence electrons. The third-order valence-corrected chi connectivity index (χ3v) is 1.52. The van der Waals surface area contributed by atoms with E-state index in [2.05, 4.69) is 0 Å². The molecule has 0 spiro atoms. The number of hydrogen-bond donors (Lipinski definition) is 2. The van der Waals surface area contributed by atoms with E-state index in [1.54, 1.807) is 0 Å². The van der Waals surface area contributed by atoms with Gasteiger partial charge in [0.15, 0.2) is 6.10 Å². The van der Waals surface area contributed by atoms with E-state index in [1.165, 1.54) is 12.4 Å². The maximum atomic E-state index is 11.7. The quantitative estimate of drug-likeness (QED) is 0.571. The Balaban J connectivity index is 3.32. The highest BCUT2D eigenvalue weighted by molar-refractivity contribution is 4.61. The lowest BCUT2D eigenvalue weighted by Crippen LogP contribution is -2.87. The van der Waals surface area contributed by atoms with Crippen LogP contribution in [-0.4, -0.2) is 44.2 Å². The highest BCUT2D eigenvalue weighted by Crippen LogP contribution is 2.18. The van der Waals surface area contributed by atoms with Gasteiger partial charge in [-0.15, -0.1) is 0 Å². The standard InChI is InChI=1S/C7H14F3NO2/c1-13-4-2-3-11-5-6(12)7(8,9)10/h6,11-12H,2-5H2,1H3/p+1/t6-/m0/s1. The number of aliphatic hydroxyl groups excluding tert-OH is 1. The van der Waals surface area contributed by atoms with Crippen LogP contribution in [0.15, 0.2) is 0 Å². The maximum Gasteiger partial charge on any atom is 0.419 e. The molecule has 0 saturated carbocycles. The first-order valence-corrected chi connectivity index (χ1v) is 4.04. The summed E-state index contributed by atoms with van der Waals surface area (Å²) in [6, 6.07) is 0. The highest BCUT2D eigenvalue weighted by Gasteiger charge is 2.39. The van der Waals surface area contributed by atoms with E-state index >= 15 is 0 Å². The Kier molecular flexibility index (Phi) is 6.02. The van der Waals surface area contributed by atoms with Gasteiger partial charge >= 0.3 is 6.18 Å². The van der Waals surface area contributed by atoms with E-state index in [4.69, 9.17) is 9.84 Å². The van der Waals surface area contributed by atoms with Gasteiger partial charge in [0.2, 0.25) is 0 Å². The van der Waals surface area contributed by atoms with Gasteiger partial charge in [0.05, 0.1) is 13.2 Å². The fraction of sp³-hybridized carbons (Fsp3) is 1.00. The second-order valence-electron chi connectivity index (χ2n) is 2.72. The molecule has 0 aliphatic carbocycles. The lowest BCUT2D eigenvalue weighted by atomic mass is 10.3. The van der Waals surface area contributed by atoms with Crippen LogP contribution in [0.5, 0.6) is 0 Å². The zero-order chi connectivity index (χ0) is 10.3. The first-order chi connectivity index (χ1) is 5.98. The zero-order valence-electron chi connectivity index (χ0n) is 7.47. The van der Waals surface area contributed by atoms with Gasteiger partial charge in [-0.3, -0.25) is 0 Å². The Morgan fingerprint density at radius 3 is 2.54 bits per heavy atom. The van der Waals surface area contributed by atoms with Gasteiger partial charge in [-0.05, 0) is 0 Å². The fourth-order valence-electron chi connectivity index (χ4n) is 0.781. The van der Waals surface area contributed by atoms with Crippen molar-refractivity contribution in [1.29, 1.82) is 0 Å². The summed E-state index contributed by atoms with van der Waals surface area (Å²) in [6.45, 7) is 0.715. The molecule has 0 fully saturated rings. The van der Waals surface area contributed by atoms with Crippen molar-refractivity contribution in [3.05, 3.63) is 0 Å². The van der Waals surface area contributed by atoms with Gasteiger partial charge in [0.1, 0.15) is 6.54 Å². The Morgan fingerprint density at radius 2 is 2.08 bits per heavy atom. The fourth-order valence-corrected chi connectivity index (χ4v) is 0.781. The molecule has 0 aliphatic rings. The number of methoxy groups -OCH3 is 1. The summed E-state index contributed by atoms with van der Waals surface area (Å²) in [5.74, 6) is 0. The third-order valence-electron chi connectivity index (χ3n) is 1.52. The molecule has 0 aromatic carbocycles. The number of alkyl halides is 3. The Labute approximate surface area is 74.9 Å². The van der Waals surface area contributed by atoms with E-state index in [0.29, 0.717) is 19.6 Å². The molecule has 13 heavy (non-hydrogen) atoms. The summed E-state index contributed by atoms with van der Waals surface area (Å²) in [4.78, 5) is 0. The normalized spacial score (nSPS) is 14.5. The molecule has 0 rings (SSSR count). The number of ether oxygens (including phenoxy) is 1. The minimum absolute atomic E-state index is 0.340. The highest BCUT2D eigenvalue weighted by atomic mass is 19.4. The molecule has 0 aromatic heterocycles. The van der Waals surface area contributed by atoms with Crippen molar-refractivity contribution in [1.82, 2.24) is 0 Å². The van der Waals surface area contributed by atoms with Crippen molar-refractivity contribution in [2.45, 2.75) is 18.7 Å². The van der Waals surface area contributed by atoms with Crippen molar-refractivity contribution >= 4 is 0 Å². The van der Waals surface area contributed by atoms with E-state index in [0.717, 1.165) is 0 Å². The number of rotatable bonds is 6. The predicted molar refractivity (Wildman–Crippen MR) is 40.2 cm³/mol. The van der Waals surface area contributed by atoms with Gasteiger partial charge in [-0.1, -0.05) is 0 Å². The number of halogens is 3. The Bertz CT molecular complexity index is 129. The van der Waals surface area contributed by atoms with Gasteiger partial charge in [-0.25, -0.2) is 0 Å². The number of quaternary nitrogens is 1.